The number of ether oxygens (including phenoxy) is 2. The van der Waals surface area contributed by atoms with Gasteiger partial charge in [-0.1, -0.05) is 12.1 Å². The molecule has 0 saturated heterocycles. The van der Waals surface area contributed by atoms with E-state index in [1.807, 2.05) is 31.1 Å². The van der Waals surface area contributed by atoms with Crippen molar-refractivity contribution in [3.63, 3.8) is 0 Å². The van der Waals surface area contributed by atoms with Gasteiger partial charge in [0.25, 0.3) is 0 Å². The van der Waals surface area contributed by atoms with Crippen molar-refractivity contribution in [3.8, 4) is 11.5 Å². The van der Waals surface area contributed by atoms with Gasteiger partial charge in [-0.2, -0.15) is 0 Å². The van der Waals surface area contributed by atoms with E-state index in [-0.39, 0.29) is 0 Å². The minimum absolute atomic E-state index is 0.664. The van der Waals surface area contributed by atoms with Crippen molar-refractivity contribution in [2.75, 3.05) is 13.2 Å². The van der Waals surface area contributed by atoms with E-state index in [1.165, 1.54) is 0 Å². The fraction of sp³-hybridized carbons (Fsp3) is 0.222. The lowest BCUT2D eigenvalue weighted by atomic mass is 10.3. The third kappa shape index (κ3) is 1.75. The van der Waals surface area contributed by atoms with Crippen molar-refractivity contribution in [1.82, 2.24) is 0 Å². The molecule has 1 heterocycles. The molecule has 1 aliphatic rings. The number of hydrogen-bond acceptors (Lipinski definition) is 3. The predicted octanol–water partition coefficient (Wildman–Crippen LogP) is 1.27. The monoisotopic (exact) mass is 166 g/mol. The van der Waals surface area contributed by atoms with Crippen molar-refractivity contribution < 1.29 is 14.3 Å². The summed E-state index contributed by atoms with van der Waals surface area (Å²) in [5, 5.41) is 0. The molecular weight excluding hydrogens is 156 g/mol. The lowest BCUT2D eigenvalue weighted by Crippen LogP contribution is -2.14. The molecule has 0 atom stereocenters. The van der Waals surface area contributed by atoms with Crippen molar-refractivity contribution in [1.29, 1.82) is 0 Å². The molecule has 0 spiro atoms. The minimum Gasteiger partial charge on any atom is -0.486 e. The van der Waals surface area contributed by atoms with Gasteiger partial charge in [0.15, 0.2) is 11.5 Å². The Morgan fingerprint density at radius 2 is 1.42 bits per heavy atom. The van der Waals surface area contributed by atoms with Gasteiger partial charge >= 0.3 is 0 Å². The third-order valence-corrected chi connectivity index (χ3v) is 1.45. The van der Waals surface area contributed by atoms with Crippen LogP contribution in [0.5, 0.6) is 11.5 Å². The fourth-order valence-corrected chi connectivity index (χ4v) is 0.992. The van der Waals surface area contributed by atoms with Crippen LogP contribution in [0.1, 0.15) is 0 Å². The maximum atomic E-state index is 8.00. The Hall–Kier alpha value is -1.51. The van der Waals surface area contributed by atoms with Gasteiger partial charge in [-0.15, -0.1) is 0 Å². The van der Waals surface area contributed by atoms with Crippen LogP contribution in [0, 0.1) is 0 Å². The van der Waals surface area contributed by atoms with Crippen molar-refractivity contribution in [2.24, 2.45) is 0 Å². The Bertz CT molecular complexity index is 222. The van der Waals surface area contributed by atoms with Crippen molar-refractivity contribution in [3.05, 3.63) is 24.3 Å². The first kappa shape index (κ1) is 8.59. The largest absolute Gasteiger partial charge is 0.486 e. The smallest absolute Gasteiger partial charge is 0.161 e. The van der Waals surface area contributed by atoms with Gasteiger partial charge in [0.1, 0.15) is 20.0 Å². The Morgan fingerprint density at radius 3 is 1.83 bits per heavy atom. The number of carbonyl (C=O) groups excluding carboxylic acids is 1. The van der Waals surface area contributed by atoms with E-state index >= 15 is 0 Å². The van der Waals surface area contributed by atoms with E-state index < -0.39 is 0 Å². The molecular formula is C9H10O3. The highest BCUT2D eigenvalue weighted by Crippen LogP contribution is 2.28. The Morgan fingerprint density at radius 1 is 1.00 bits per heavy atom. The molecule has 0 N–H and O–H groups in total. The molecule has 0 aromatic heterocycles. The summed E-state index contributed by atoms with van der Waals surface area (Å²) in [5.74, 6) is 1.71. The molecule has 3 nitrogen and oxygen atoms in total. The Kier molecular flexibility index (Phi) is 3.14. The normalized spacial score (nSPS) is 12.7. The number of rotatable bonds is 0. The lowest BCUT2D eigenvalue weighted by Gasteiger charge is -2.17. The zero-order valence-electron chi connectivity index (χ0n) is 6.66. The molecule has 12 heavy (non-hydrogen) atoms. The first-order chi connectivity index (χ1) is 5.97. The average Bonchev–Trinajstić information content (AvgIpc) is 2.21. The summed E-state index contributed by atoms with van der Waals surface area (Å²) in [7, 11) is 0. The standard InChI is InChI=1S/C8H8O2.CH2O/c1-2-4-8-7(3-1)9-5-6-10-8;1-2/h1-4H,5-6H2;1H2. The molecule has 1 aliphatic heterocycles. The predicted molar refractivity (Wildman–Crippen MR) is 44.6 cm³/mol. The molecule has 0 unspecified atom stereocenters. The molecule has 64 valence electrons. The highest BCUT2D eigenvalue weighted by Gasteiger charge is 2.07. The number of benzene rings is 1. The highest BCUT2D eigenvalue weighted by atomic mass is 16.6. The van der Waals surface area contributed by atoms with Crippen LogP contribution in [0.4, 0.5) is 0 Å². The van der Waals surface area contributed by atoms with E-state index in [1.54, 1.807) is 0 Å². The first-order valence-electron chi connectivity index (χ1n) is 3.60. The van der Waals surface area contributed by atoms with Crippen LogP contribution < -0.4 is 9.47 Å². The van der Waals surface area contributed by atoms with Crippen LogP contribution in [0.3, 0.4) is 0 Å². The Labute approximate surface area is 70.9 Å². The second kappa shape index (κ2) is 4.38. The van der Waals surface area contributed by atoms with E-state index in [9.17, 15) is 0 Å². The topological polar surface area (TPSA) is 35.5 Å². The highest BCUT2D eigenvalue weighted by molar-refractivity contribution is 5.40. The van der Waals surface area contributed by atoms with Crippen LogP contribution in [0.25, 0.3) is 0 Å². The van der Waals surface area contributed by atoms with Crippen LogP contribution in [-0.4, -0.2) is 20.0 Å². The molecule has 3 heteroatoms. The fourth-order valence-electron chi connectivity index (χ4n) is 0.992. The Balaban J connectivity index is 0.000000336. The maximum Gasteiger partial charge on any atom is 0.161 e. The molecule has 0 aliphatic carbocycles. The first-order valence-corrected chi connectivity index (χ1v) is 3.60. The summed E-state index contributed by atoms with van der Waals surface area (Å²) in [6, 6.07) is 7.70. The number of fused-ring (bicyclic) bond motifs is 1. The summed E-state index contributed by atoms with van der Waals surface area (Å²) >= 11 is 0. The van der Waals surface area contributed by atoms with Crippen molar-refractivity contribution >= 4 is 6.79 Å². The van der Waals surface area contributed by atoms with E-state index in [0.717, 1.165) is 11.5 Å². The van der Waals surface area contributed by atoms with E-state index in [0.29, 0.717) is 13.2 Å². The van der Waals surface area contributed by atoms with E-state index in [2.05, 4.69) is 0 Å². The molecule has 0 fully saturated rings. The zero-order valence-corrected chi connectivity index (χ0v) is 6.66. The average molecular weight is 166 g/mol. The molecule has 0 radical (unpaired) electrons. The summed E-state index contributed by atoms with van der Waals surface area (Å²) in [5.41, 5.74) is 0. The van der Waals surface area contributed by atoms with Gasteiger partial charge in [0.2, 0.25) is 0 Å². The summed E-state index contributed by atoms with van der Waals surface area (Å²) in [6.45, 7) is 3.33. The van der Waals surface area contributed by atoms with Gasteiger partial charge in [-0.05, 0) is 12.1 Å². The maximum absolute atomic E-state index is 8.00. The van der Waals surface area contributed by atoms with Crippen LogP contribution in [-0.2, 0) is 4.79 Å². The minimum atomic E-state index is 0.664. The number of carbonyl (C=O) groups is 1. The number of para-hydroxylation sites is 2. The van der Waals surface area contributed by atoms with Crippen LogP contribution >= 0.6 is 0 Å². The zero-order chi connectivity index (χ0) is 8.81. The van der Waals surface area contributed by atoms with Gasteiger partial charge in [0.05, 0.1) is 0 Å². The second-order valence-corrected chi connectivity index (χ2v) is 2.14. The van der Waals surface area contributed by atoms with Crippen LogP contribution in [0.2, 0.25) is 0 Å². The quantitative estimate of drug-likeness (QED) is 0.582. The molecule has 0 amide bonds. The second-order valence-electron chi connectivity index (χ2n) is 2.14. The SMILES string of the molecule is C=O.c1ccc2c(c1)OCCO2. The lowest BCUT2D eigenvalue weighted by molar-refractivity contribution is -0.0979. The van der Waals surface area contributed by atoms with Gasteiger partial charge in [-0.3, -0.25) is 0 Å². The van der Waals surface area contributed by atoms with Crippen molar-refractivity contribution in [2.45, 2.75) is 0 Å². The van der Waals surface area contributed by atoms with Gasteiger partial charge in [-0.25, -0.2) is 0 Å². The van der Waals surface area contributed by atoms with Gasteiger partial charge in [0, 0.05) is 0 Å². The number of hydrogen-bond donors (Lipinski definition) is 0. The van der Waals surface area contributed by atoms with Crippen LogP contribution in [0.15, 0.2) is 24.3 Å². The van der Waals surface area contributed by atoms with Gasteiger partial charge < -0.3 is 14.3 Å². The molecule has 1 aromatic rings. The molecule has 0 saturated carbocycles. The van der Waals surface area contributed by atoms with E-state index in [4.69, 9.17) is 14.3 Å². The summed E-state index contributed by atoms with van der Waals surface area (Å²) in [4.78, 5) is 8.00. The summed E-state index contributed by atoms with van der Waals surface area (Å²) in [6.07, 6.45) is 0. The third-order valence-electron chi connectivity index (χ3n) is 1.45. The molecule has 1 aromatic carbocycles. The molecule has 2 rings (SSSR count). The molecule has 0 bridgehead atoms. The summed E-state index contributed by atoms with van der Waals surface area (Å²) < 4.78 is 10.6.